The van der Waals surface area contributed by atoms with Gasteiger partial charge in [-0.1, -0.05) is 36.2 Å². The van der Waals surface area contributed by atoms with E-state index in [1.165, 1.54) is 0 Å². The molecule has 7 heteroatoms. The molecule has 1 amide bonds. The summed E-state index contributed by atoms with van der Waals surface area (Å²) in [6, 6.07) is 6.91. The van der Waals surface area contributed by atoms with Gasteiger partial charge in [0.2, 0.25) is 10.0 Å². The molecule has 0 heterocycles. The van der Waals surface area contributed by atoms with Gasteiger partial charge in [0.25, 0.3) is 5.91 Å². The molecule has 0 bridgehead atoms. The van der Waals surface area contributed by atoms with Crippen molar-refractivity contribution in [2.75, 3.05) is 12.4 Å². The number of nitrogens with one attached hydrogen (secondary N) is 1. The Morgan fingerprint density at radius 3 is 2.50 bits per heavy atom. The number of carbonyl (C=O) groups is 1. The van der Waals surface area contributed by atoms with Crippen molar-refractivity contribution in [2.45, 2.75) is 20.3 Å². The largest absolute Gasteiger partial charge is 0.484 e. The summed E-state index contributed by atoms with van der Waals surface area (Å²) in [6.45, 7) is 3.39. The summed E-state index contributed by atoms with van der Waals surface area (Å²) in [4.78, 5) is 11.5. The number of hydrogen-bond acceptors (Lipinski definition) is 4. The van der Waals surface area contributed by atoms with Crippen LogP contribution < -0.4 is 9.46 Å². The van der Waals surface area contributed by atoms with Crippen LogP contribution in [0.15, 0.2) is 28.7 Å². The average molecular weight is 364 g/mol. The summed E-state index contributed by atoms with van der Waals surface area (Å²) in [5.41, 5.74) is 0. The Hall–Kier alpha value is -1.08. The Morgan fingerprint density at radius 2 is 1.95 bits per heavy atom. The van der Waals surface area contributed by atoms with E-state index in [4.69, 9.17) is 4.74 Å². The summed E-state index contributed by atoms with van der Waals surface area (Å²) in [6.07, 6.45) is 0.741. The number of carbonyl (C=O) groups excluding carboxylic acids is 1. The molecule has 0 aliphatic carbocycles. The van der Waals surface area contributed by atoms with Crippen molar-refractivity contribution in [2.24, 2.45) is 5.92 Å². The Balaban J connectivity index is 2.45. The van der Waals surface area contributed by atoms with Gasteiger partial charge in [0.1, 0.15) is 5.75 Å². The van der Waals surface area contributed by atoms with Crippen LogP contribution >= 0.6 is 15.9 Å². The fraction of sp³-hybridized carbons (Fsp3) is 0.462. The molecule has 1 atom stereocenters. The second-order valence-corrected chi connectivity index (χ2v) is 7.25. The molecular weight excluding hydrogens is 346 g/mol. The number of benzene rings is 1. The normalized spacial score (nSPS) is 12.8. The summed E-state index contributed by atoms with van der Waals surface area (Å²) >= 11 is 3.28. The summed E-state index contributed by atoms with van der Waals surface area (Å²) in [7, 11) is -3.59. The lowest BCUT2D eigenvalue weighted by Gasteiger charge is -2.11. The van der Waals surface area contributed by atoms with Gasteiger partial charge in [-0.2, -0.15) is 0 Å². The van der Waals surface area contributed by atoms with Gasteiger partial charge in [-0.05, 0) is 30.2 Å². The third-order valence-electron chi connectivity index (χ3n) is 2.65. The minimum Gasteiger partial charge on any atom is -0.484 e. The quantitative estimate of drug-likeness (QED) is 0.806. The van der Waals surface area contributed by atoms with E-state index in [1.807, 2.05) is 18.6 Å². The Bertz CT molecular complexity index is 542. The highest BCUT2D eigenvalue weighted by Gasteiger charge is 2.17. The predicted molar refractivity (Wildman–Crippen MR) is 81.0 cm³/mol. The zero-order chi connectivity index (χ0) is 15.2. The van der Waals surface area contributed by atoms with Gasteiger partial charge in [-0.25, -0.2) is 8.42 Å². The molecule has 0 saturated carbocycles. The van der Waals surface area contributed by atoms with E-state index in [0.29, 0.717) is 5.75 Å². The summed E-state index contributed by atoms with van der Waals surface area (Å²) < 4.78 is 31.4. The molecule has 0 aliphatic heterocycles. The van der Waals surface area contributed by atoms with Crippen molar-refractivity contribution in [3.8, 4) is 5.75 Å². The van der Waals surface area contributed by atoms with E-state index < -0.39 is 15.9 Å². The van der Waals surface area contributed by atoms with E-state index in [0.717, 1.165) is 10.9 Å². The molecule has 1 aromatic rings. The number of amides is 1. The zero-order valence-corrected chi connectivity index (χ0v) is 13.8. The fourth-order valence-electron chi connectivity index (χ4n) is 1.42. The van der Waals surface area contributed by atoms with Crippen molar-refractivity contribution in [3.63, 3.8) is 0 Å². The van der Waals surface area contributed by atoms with Gasteiger partial charge >= 0.3 is 0 Å². The van der Waals surface area contributed by atoms with Gasteiger partial charge in [-0.3, -0.25) is 9.52 Å². The van der Waals surface area contributed by atoms with E-state index in [1.54, 1.807) is 24.3 Å². The summed E-state index contributed by atoms with van der Waals surface area (Å²) in [5, 5.41) is 0. The molecule has 1 rings (SSSR count). The van der Waals surface area contributed by atoms with Gasteiger partial charge in [0.05, 0.1) is 5.75 Å². The maximum atomic E-state index is 11.7. The van der Waals surface area contributed by atoms with Crippen LogP contribution in [0.5, 0.6) is 5.75 Å². The predicted octanol–water partition coefficient (Wildman–Crippen LogP) is 2.32. The first-order valence-electron chi connectivity index (χ1n) is 6.24. The molecule has 0 fully saturated rings. The van der Waals surface area contributed by atoms with Crippen LogP contribution in [0.3, 0.4) is 0 Å². The highest BCUT2D eigenvalue weighted by Crippen LogP contribution is 2.15. The molecule has 1 aromatic carbocycles. The first-order chi connectivity index (χ1) is 9.32. The Labute approximate surface area is 127 Å². The van der Waals surface area contributed by atoms with Crippen LogP contribution in [0.1, 0.15) is 20.3 Å². The van der Waals surface area contributed by atoms with Gasteiger partial charge in [0, 0.05) is 4.47 Å². The third-order valence-corrected chi connectivity index (χ3v) is 4.73. The number of ether oxygens (including phenoxy) is 1. The second-order valence-electron chi connectivity index (χ2n) is 4.56. The van der Waals surface area contributed by atoms with Crippen LogP contribution in [0, 0.1) is 5.92 Å². The van der Waals surface area contributed by atoms with Gasteiger partial charge in [-0.15, -0.1) is 0 Å². The molecule has 5 nitrogen and oxygen atoms in total. The molecule has 112 valence electrons. The average Bonchev–Trinajstić information content (AvgIpc) is 2.36. The van der Waals surface area contributed by atoms with Crippen LogP contribution in [0.25, 0.3) is 0 Å². The fourth-order valence-corrected chi connectivity index (χ4v) is 3.15. The van der Waals surface area contributed by atoms with E-state index >= 15 is 0 Å². The maximum Gasteiger partial charge on any atom is 0.271 e. The van der Waals surface area contributed by atoms with E-state index in [-0.39, 0.29) is 18.3 Å². The monoisotopic (exact) mass is 363 g/mol. The highest BCUT2D eigenvalue weighted by atomic mass is 79.9. The SMILES string of the molecule is CCC(C)CS(=O)(=O)NC(=O)COc1ccc(Br)cc1. The van der Waals surface area contributed by atoms with Crippen LogP contribution in [0.4, 0.5) is 0 Å². The minimum atomic E-state index is -3.59. The minimum absolute atomic E-state index is 0.00712. The molecule has 20 heavy (non-hydrogen) atoms. The number of rotatable bonds is 7. The van der Waals surface area contributed by atoms with Gasteiger partial charge < -0.3 is 4.74 Å². The first-order valence-corrected chi connectivity index (χ1v) is 8.68. The Morgan fingerprint density at radius 1 is 1.35 bits per heavy atom. The van der Waals surface area contributed by atoms with Crippen molar-refractivity contribution in [3.05, 3.63) is 28.7 Å². The van der Waals surface area contributed by atoms with Crippen molar-refractivity contribution in [1.82, 2.24) is 4.72 Å². The molecule has 0 saturated heterocycles. The zero-order valence-electron chi connectivity index (χ0n) is 11.4. The number of hydrogen-bond donors (Lipinski definition) is 1. The lowest BCUT2D eigenvalue weighted by Crippen LogP contribution is -2.37. The Kier molecular flexibility index (Phi) is 6.48. The van der Waals surface area contributed by atoms with Crippen LogP contribution in [0.2, 0.25) is 0 Å². The third kappa shape index (κ3) is 6.38. The first kappa shape index (κ1) is 17.0. The van der Waals surface area contributed by atoms with Crippen LogP contribution in [-0.4, -0.2) is 26.7 Å². The second kappa shape index (κ2) is 7.64. The number of halogens is 1. The molecular formula is C13H18BrNO4S. The van der Waals surface area contributed by atoms with Crippen LogP contribution in [-0.2, 0) is 14.8 Å². The molecule has 0 radical (unpaired) electrons. The molecule has 0 aromatic heterocycles. The molecule has 1 N–H and O–H groups in total. The molecule has 1 unspecified atom stereocenters. The van der Waals surface area contributed by atoms with Crippen molar-refractivity contribution >= 4 is 31.9 Å². The molecule has 0 aliphatic rings. The maximum absolute atomic E-state index is 11.7. The topological polar surface area (TPSA) is 72.5 Å². The standard InChI is InChI=1S/C13H18BrNO4S/c1-3-10(2)9-20(17,18)15-13(16)8-19-12-6-4-11(14)5-7-12/h4-7,10H,3,8-9H2,1-2H3,(H,15,16). The van der Waals surface area contributed by atoms with Crippen molar-refractivity contribution < 1.29 is 17.9 Å². The number of sulfonamides is 1. The lowest BCUT2D eigenvalue weighted by molar-refractivity contribution is -0.121. The lowest BCUT2D eigenvalue weighted by atomic mass is 10.2. The molecule has 0 spiro atoms. The van der Waals surface area contributed by atoms with Gasteiger partial charge in [0.15, 0.2) is 6.61 Å². The smallest absolute Gasteiger partial charge is 0.271 e. The highest BCUT2D eigenvalue weighted by molar-refractivity contribution is 9.10. The van der Waals surface area contributed by atoms with E-state index in [2.05, 4.69) is 15.9 Å². The van der Waals surface area contributed by atoms with Crippen molar-refractivity contribution in [1.29, 1.82) is 0 Å². The summed E-state index contributed by atoms with van der Waals surface area (Å²) in [5.74, 6) is -0.223. The van der Waals surface area contributed by atoms with E-state index in [9.17, 15) is 13.2 Å².